The molecule has 1 heterocycles. The van der Waals surface area contributed by atoms with Crippen LogP contribution in [0, 0.1) is 13.8 Å². The summed E-state index contributed by atoms with van der Waals surface area (Å²) >= 11 is 1.83. The highest BCUT2D eigenvalue weighted by Gasteiger charge is 2.16. The molecule has 19 heavy (non-hydrogen) atoms. The number of aliphatic hydroxyl groups excluding tert-OH is 1. The second-order valence-corrected chi connectivity index (χ2v) is 6.36. The Morgan fingerprint density at radius 2 is 1.89 bits per heavy atom. The maximum atomic E-state index is 9.59. The summed E-state index contributed by atoms with van der Waals surface area (Å²) in [5.74, 6) is 0. The molecule has 2 N–H and O–H groups in total. The van der Waals surface area contributed by atoms with E-state index in [2.05, 4.69) is 32.2 Å². The molecular formula is C16H21NOS. The maximum Gasteiger partial charge on any atom is 0.0626 e. The van der Waals surface area contributed by atoms with Crippen molar-refractivity contribution < 1.29 is 5.11 Å². The minimum atomic E-state index is -0.0178. The first kappa shape index (κ1) is 14.3. The van der Waals surface area contributed by atoms with Gasteiger partial charge in [-0.2, -0.15) is 0 Å². The molecule has 0 saturated heterocycles. The van der Waals surface area contributed by atoms with Crippen LogP contribution in [0.15, 0.2) is 36.4 Å². The Morgan fingerprint density at radius 3 is 2.42 bits per heavy atom. The molecule has 0 radical (unpaired) electrons. The Morgan fingerprint density at radius 1 is 1.21 bits per heavy atom. The van der Waals surface area contributed by atoms with Gasteiger partial charge in [-0.1, -0.05) is 30.3 Å². The van der Waals surface area contributed by atoms with Crippen LogP contribution in [0.1, 0.15) is 39.9 Å². The van der Waals surface area contributed by atoms with E-state index in [0.717, 1.165) is 5.56 Å². The minimum Gasteiger partial charge on any atom is -0.394 e. The van der Waals surface area contributed by atoms with Crippen LogP contribution in [-0.2, 0) is 0 Å². The van der Waals surface area contributed by atoms with Gasteiger partial charge in [-0.15, -0.1) is 11.3 Å². The summed E-state index contributed by atoms with van der Waals surface area (Å²) in [4.78, 5) is 2.68. The normalized spacial score (nSPS) is 14.3. The summed E-state index contributed by atoms with van der Waals surface area (Å²) in [6, 6.07) is 12.6. The number of aryl methyl sites for hydroxylation is 2. The fraction of sp³-hybridized carbons (Fsp3) is 0.375. The Bertz CT molecular complexity index is 521. The van der Waals surface area contributed by atoms with E-state index in [9.17, 15) is 5.11 Å². The number of benzene rings is 1. The first-order chi connectivity index (χ1) is 9.11. The van der Waals surface area contributed by atoms with E-state index in [4.69, 9.17) is 0 Å². The van der Waals surface area contributed by atoms with E-state index in [1.165, 1.54) is 15.3 Å². The first-order valence-electron chi connectivity index (χ1n) is 6.60. The van der Waals surface area contributed by atoms with Crippen LogP contribution < -0.4 is 5.32 Å². The van der Waals surface area contributed by atoms with E-state index < -0.39 is 0 Å². The van der Waals surface area contributed by atoms with Crippen molar-refractivity contribution in [2.24, 2.45) is 0 Å². The molecule has 102 valence electrons. The maximum absolute atomic E-state index is 9.59. The number of nitrogens with one attached hydrogen (secondary N) is 1. The van der Waals surface area contributed by atoms with Crippen molar-refractivity contribution in [2.45, 2.75) is 32.9 Å². The lowest BCUT2D eigenvalue weighted by Crippen LogP contribution is -2.27. The summed E-state index contributed by atoms with van der Waals surface area (Å²) in [7, 11) is 0. The average Bonchev–Trinajstić information content (AvgIpc) is 2.76. The number of hydrogen-bond acceptors (Lipinski definition) is 3. The van der Waals surface area contributed by atoms with Crippen LogP contribution in [0.25, 0.3) is 0 Å². The molecule has 0 spiro atoms. The SMILES string of the molecule is Cc1cc(C(C)N[C@H](CO)c2ccccc2)c(C)s1. The van der Waals surface area contributed by atoms with Crippen molar-refractivity contribution in [1.29, 1.82) is 0 Å². The zero-order valence-electron chi connectivity index (χ0n) is 11.7. The molecule has 2 aromatic rings. The van der Waals surface area contributed by atoms with Gasteiger partial charge in [0, 0.05) is 15.8 Å². The average molecular weight is 275 g/mol. The van der Waals surface area contributed by atoms with E-state index in [-0.39, 0.29) is 18.7 Å². The zero-order valence-corrected chi connectivity index (χ0v) is 12.5. The molecule has 0 aliphatic heterocycles. The van der Waals surface area contributed by atoms with Gasteiger partial charge in [0.05, 0.1) is 12.6 Å². The fourth-order valence-electron chi connectivity index (χ4n) is 2.41. The van der Waals surface area contributed by atoms with Crippen molar-refractivity contribution in [3.05, 3.63) is 57.3 Å². The van der Waals surface area contributed by atoms with Gasteiger partial charge in [0.15, 0.2) is 0 Å². The van der Waals surface area contributed by atoms with Crippen molar-refractivity contribution >= 4 is 11.3 Å². The predicted molar refractivity (Wildman–Crippen MR) is 81.6 cm³/mol. The topological polar surface area (TPSA) is 32.3 Å². The molecule has 0 saturated carbocycles. The lowest BCUT2D eigenvalue weighted by Gasteiger charge is -2.22. The van der Waals surface area contributed by atoms with Gasteiger partial charge in [-0.3, -0.25) is 0 Å². The monoisotopic (exact) mass is 275 g/mol. The molecular weight excluding hydrogens is 254 g/mol. The fourth-order valence-corrected chi connectivity index (χ4v) is 3.43. The van der Waals surface area contributed by atoms with Gasteiger partial charge in [0.25, 0.3) is 0 Å². The van der Waals surface area contributed by atoms with Crippen molar-refractivity contribution in [1.82, 2.24) is 5.32 Å². The van der Waals surface area contributed by atoms with Gasteiger partial charge in [-0.25, -0.2) is 0 Å². The zero-order chi connectivity index (χ0) is 13.8. The Hall–Kier alpha value is -1.16. The van der Waals surface area contributed by atoms with Gasteiger partial charge in [0.1, 0.15) is 0 Å². The van der Waals surface area contributed by atoms with Gasteiger partial charge < -0.3 is 10.4 Å². The van der Waals surface area contributed by atoms with E-state index in [1.807, 2.05) is 41.7 Å². The minimum absolute atomic E-state index is 0.0178. The molecule has 3 heteroatoms. The van der Waals surface area contributed by atoms with Crippen LogP contribution in [0.5, 0.6) is 0 Å². The summed E-state index contributed by atoms with van der Waals surface area (Å²) in [6.07, 6.45) is 0. The molecule has 2 nitrogen and oxygen atoms in total. The third-order valence-corrected chi connectivity index (χ3v) is 4.36. The third kappa shape index (κ3) is 3.44. The standard InChI is InChI=1S/C16H21NOS/c1-11-9-15(13(3)19-11)12(2)17-16(10-18)14-7-5-4-6-8-14/h4-9,12,16-18H,10H2,1-3H3/t12?,16-/m1/s1. The molecule has 1 aromatic heterocycles. The summed E-state index contributed by atoms with van der Waals surface area (Å²) in [6.45, 7) is 6.55. The molecule has 0 aliphatic carbocycles. The number of rotatable bonds is 5. The molecule has 1 aromatic carbocycles. The Balaban J connectivity index is 2.13. The summed E-state index contributed by atoms with van der Waals surface area (Å²) < 4.78 is 0. The molecule has 0 fully saturated rings. The largest absolute Gasteiger partial charge is 0.394 e. The highest BCUT2D eigenvalue weighted by atomic mass is 32.1. The molecule has 0 bridgehead atoms. The molecule has 2 rings (SSSR count). The second kappa shape index (κ2) is 6.33. The van der Waals surface area contributed by atoms with Crippen LogP contribution in [0.2, 0.25) is 0 Å². The molecule has 0 amide bonds. The summed E-state index contributed by atoms with van der Waals surface area (Å²) in [5, 5.41) is 13.1. The summed E-state index contributed by atoms with van der Waals surface area (Å²) in [5.41, 5.74) is 2.46. The van der Waals surface area contributed by atoms with Crippen molar-refractivity contribution in [3.8, 4) is 0 Å². The molecule has 0 aliphatic rings. The van der Waals surface area contributed by atoms with Gasteiger partial charge in [-0.05, 0) is 38.0 Å². The van der Waals surface area contributed by atoms with Crippen LogP contribution in [0.4, 0.5) is 0 Å². The predicted octanol–water partition coefficient (Wildman–Crippen LogP) is 3.75. The van der Waals surface area contributed by atoms with E-state index in [0.29, 0.717) is 0 Å². The molecule has 2 atom stereocenters. The van der Waals surface area contributed by atoms with Gasteiger partial charge in [0.2, 0.25) is 0 Å². The number of hydrogen-bond donors (Lipinski definition) is 2. The van der Waals surface area contributed by atoms with Gasteiger partial charge >= 0.3 is 0 Å². The number of aliphatic hydroxyl groups is 1. The Kier molecular flexibility index (Phi) is 4.75. The molecule has 1 unspecified atom stereocenters. The second-order valence-electron chi connectivity index (χ2n) is 4.90. The quantitative estimate of drug-likeness (QED) is 0.871. The van der Waals surface area contributed by atoms with Crippen LogP contribution in [-0.4, -0.2) is 11.7 Å². The lowest BCUT2D eigenvalue weighted by atomic mass is 10.0. The highest BCUT2D eigenvalue weighted by Crippen LogP contribution is 2.28. The Labute approximate surface area is 119 Å². The highest BCUT2D eigenvalue weighted by molar-refractivity contribution is 7.12. The smallest absolute Gasteiger partial charge is 0.0626 e. The van der Waals surface area contributed by atoms with Crippen molar-refractivity contribution in [3.63, 3.8) is 0 Å². The van der Waals surface area contributed by atoms with E-state index >= 15 is 0 Å². The van der Waals surface area contributed by atoms with Crippen molar-refractivity contribution in [2.75, 3.05) is 6.61 Å². The lowest BCUT2D eigenvalue weighted by molar-refractivity contribution is 0.235. The van der Waals surface area contributed by atoms with Crippen LogP contribution >= 0.6 is 11.3 Å². The third-order valence-electron chi connectivity index (χ3n) is 3.38. The number of thiophene rings is 1. The van der Waals surface area contributed by atoms with E-state index in [1.54, 1.807) is 0 Å². The van der Waals surface area contributed by atoms with Crippen LogP contribution in [0.3, 0.4) is 0 Å². The first-order valence-corrected chi connectivity index (χ1v) is 7.42.